The molecule has 4 rings (SSSR count). The third-order valence-electron chi connectivity index (χ3n) is 7.35. The molecule has 1 heterocycles. The molecule has 32 heavy (non-hydrogen) atoms. The van der Waals surface area contributed by atoms with Crippen LogP contribution in [-0.4, -0.2) is 47.9 Å². The highest BCUT2D eigenvalue weighted by atomic mass is 16.2. The summed E-state index contributed by atoms with van der Waals surface area (Å²) < 4.78 is 0. The molecule has 0 spiro atoms. The number of carbonyl (C=O) groups is 1. The zero-order chi connectivity index (χ0) is 22.3. The van der Waals surface area contributed by atoms with E-state index in [1.165, 1.54) is 24.0 Å². The van der Waals surface area contributed by atoms with E-state index in [-0.39, 0.29) is 5.92 Å². The zero-order valence-electron chi connectivity index (χ0n) is 19.7. The summed E-state index contributed by atoms with van der Waals surface area (Å²) in [5.41, 5.74) is 3.89. The van der Waals surface area contributed by atoms with Crippen molar-refractivity contribution in [2.24, 2.45) is 0 Å². The van der Waals surface area contributed by atoms with E-state index < -0.39 is 0 Å². The zero-order valence-corrected chi connectivity index (χ0v) is 19.7. The summed E-state index contributed by atoms with van der Waals surface area (Å²) in [5, 5.41) is 0. The fourth-order valence-corrected chi connectivity index (χ4v) is 5.44. The number of likely N-dealkylation sites (N-methyl/N-ethyl adjacent to an activating group) is 1. The smallest absolute Gasteiger partial charge is 0.234 e. The van der Waals surface area contributed by atoms with Crippen LogP contribution in [0.15, 0.2) is 72.3 Å². The third-order valence-corrected chi connectivity index (χ3v) is 7.35. The van der Waals surface area contributed by atoms with Crippen LogP contribution >= 0.6 is 0 Å². The van der Waals surface area contributed by atoms with Gasteiger partial charge in [0.1, 0.15) is 0 Å². The molecule has 1 aliphatic heterocycles. The average molecular weight is 431 g/mol. The lowest BCUT2D eigenvalue weighted by Gasteiger charge is -2.30. The molecule has 0 radical (unpaired) electrons. The number of nitrogens with zero attached hydrogens (tertiary/aromatic N) is 2. The predicted octanol–water partition coefficient (Wildman–Crippen LogP) is 5.82. The van der Waals surface area contributed by atoms with Gasteiger partial charge in [0.25, 0.3) is 0 Å². The van der Waals surface area contributed by atoms with Crippen molar-refractivity contribution in [2.75, 3.05) is 20.1 Å². The Morgan fingerprint density at radius 3 is 2.47 bits per heavy atom. The summed E-state index contributed by atoms with van der Waals surface area (Å²) in [6, 6.07) is 21.9. The highest BCUT2D eigenvalue weighted by Crippen LogP contribution is 2.35. The highest BCUT2D eigenvalue weighted by molar-refractivity contribution is 5.87. The first kappa shape index (κ1) is 22.8. The van der Waals surface area contributed by atoms with E-state index in [0.717, 1.165) is 50.8 Å². The maximum atomic E-state index is 13.9. The summed E-state index contributed by atoms with van der Waals surface area (Å²) in [4.78, 5) is 18.5. The van der Waals surface area contributed by atoms with Gasteiger partial charge in [0.2, 0.25) is 5.91 Å². The second-order valence-corrected chi connectivity index (χ2v) is 9.67. The monoisotopic (exact) mass is 430 g/mol. The summed E-state index contributed by atoms with van der Waals surface area (Å²) in [5.74, 6) is 0.193. The average Bonchev–Trinajstić information content (AvgIpc) is 3.23. The molecule has 1 fully saturated rings. The van der Waals surface area contributed by atoms with E-state index in [1.54, 1.807) is 0 Å². The maximum absolute atomic E-state index is 13.9. The van der Waals surface area contributed by atoms with Gasteiger partial charge in [-0.1, -0.05) is 72.3 Å². The van der Waals surface area contributed by atoms with E-state index in [0.29, 0.717) is 18.0 Å². The lowest BCUT2D eigenvalue weighted by atomic mass is 9.83. The lowest BCUT2D eigenvalue weighted by molar-refractivity contribution is -0.132. The number of benzene rings is 2. The SMILES string of the molecule is C[C@@H]1C[C@H](N(C)CCCc2ccccc2)CN1C(=O)C(C1=CCCCC1)c1ccccc1. The van der Waals surface area contributed by atoms with Gasteiger partial charge in [-0.15, -0.1) is 0 Å². The molecule has 1 unspecified atom stereocenters. The van der Waals surface area contributed by atoms with Gasteiger partial charge >= 0.3 is 0 Å². The summed E-state index contributed by atoms with van der Waals surface area (Å²) in [6.07, 6.45) is 10.3. The number of likely N-dealkylation sites (tertiary alicyclic amines) is 1. The molecule has 170 valence electrons. The molecule has 3 nitrogen and oxygen atoms in total. The number of allylic oxidation sites excluding steroid dienone is 1. The fraction of sp³-hybridized carbons (Fsp3) is 0.483. The van der Waals surface area contributed by atoms with Crippen molar-refractivity contribution in [3.8, 4) is 0 Å². The van der Waals surface area contributed by atoms with Crippen LogP contribution in [0.5, 0.6) is 0 Å². The van der Waals surface area contributed by atoms with Crippen LogP contribution < -0.4 is 0 Å². The number of amides is 1. The van der Waals surface area contributed by atoms with Crippen molar-refractivity contribution in [1.82, 2.24) is 9.80 Å². The summed E-state index contributed by atoms with van der Waals surface area (Å²) in [7, 11) is 2.23. The molecule has 1 amide bonds. The Labute approximate surface area is 194 Å². The standard InChI is InChI=1S/C29H38N2O/c1-23-21-27(30(2)20-12-15-24-13-6-3-7-14-24)22-31(23)29(32)28(25-16-8-4-9-17-25)26-18-10-5-11-19-26/h3-4,6-9,13-14,16-18,23,27-28H,5,10-12,15,19-22H2,1-2H3/t23-,27+,28?/m1/s1. The molecule has 2 aromatic rings. The Balaban J connectivity index is 1.40. The third kappa shape index (κ3) is 5.50. The molecule has 3 atom stereocenters. The van der Waals surface area contributed by atoms with Crippen molar-refractivity contribution >= 4 is 5.91 Å². The van der Waals surface area contributed by atoms with Crippen LogP contribution in [0.4, 0.5) is 0 Å². The van der Waals surface area contributed by atoms with Gasteiger partial charge in [0.05, 0.1) is 5.92 Å². The van der Waals surface area contributed by atoms with E-state index in [2.05, 4.69) is 84.4 Å². The molecule has 0 N–H and O–H groups in total. The van der Waals surface area contributed by atoms with Gasteiger partial charge < -0.3 is 9.80 Å². The Hall–Kier alpha value is -2.39. The maximum Gasteiger partial charge on any atom is 0.234 e. The topological polar surface area (TPSA) is 23.6 Å². The largest absolute Gasteiger partial charge is 0.338 e. The van der Waals surface area contributed by atoms with Crippen LogP contribution in [0.3, 0.4) is 0 Å². The van der Waals surface area contributed by atoms with E-state index in [1.807, 2.05) is 6.07 Å². The molecular formula is C29H38N2O. The molecule has 0 saturated carbocycles. The molecule has 0 bridgehead atoms. The Kier molecular flexibility index (Phi) is 7.81. The van der Waals surface area contributed by atoms with Crippen molar-refractivity contribution in [1.29, 1.82) is 0 Å². The number of rotatable bonds is 8. The van der Waals surface area contributed by atoms with Crippen molar-refractivity contribution in [3.05, 3.63) is 83.4 Å². The molecule has 1 saturated heterocycles. The first-order valence-electron chi connectivity index (χ1n) is 12.4. The van der Waals surface area contributed by atoms with Crippen LogP contribution in [0, 0.1) is 0 Å². The second kappa shape index (κ2) is 11.0. The molecule has 2 aromatic carbocycles. The predicted molar refractivity (Wildman–Crippen MR) is 133 cm³/mol. The highest BCUT2D eigenvalue weighted by Gasteiger charge is 2.38. The summed E-state index contributed by atoms with van der Waals surface area (Å²) >= 11 is 0. The van der Waals surface area contributed by atoms with Crippen molar-refractivity contribution < 1.29 is 4.79 Å². The number of carbonyl (C=O) groups excluding carboxylic acids is 1. The van der Waals surface area contributed by atoms with Gasteiger partial charge in [-0.3, -0.25) is 4.79 Å². The van der Waals surface area contributed by atoms with Gasteiger partial charge in [-0.25, -0.2) is 0 Å². The van der Waals surface area contributed by atoms with Gasteiger partial charge in [0.15, 0.2) is 0 Å². The van der Waals surface area contributed by atoms with Crippen LogP contribution in [0.2, 0.25) is 0 Å². The molecule has 1 aliphatic carbocycles. The van der Waals surface area contributed by atoms with E-state index in [9.17, 15) is 4.79 Å². The number of hydrogen-bond donors (Lipinski definition) is 0. The minimum atomic E-state index is -0.110. The molecule has 0 aromatic heterocycles. The van der Waals surface area contributed by atoms with Crippen LogP contribution in [0.1, 0.15) is 62.5 Å². The van der Waals surface area contributed by atoms with Gasteiger partial charge in [-0.05, 0) is 76.6 Å². The Morgan fingerprint density at radius 1 is 1.06 bits per heavy atom. The minimum absolute atomic E-state index is 0.110. The number of hydrogen-bond acceptors (Lipinski definition) is 2. The van der Waals surface area contributed by atoms with Crippen LogP contribution in [0.25, 0.3) is 0 Å². The normalized spacial score (nSPS) is 22.1. The molecule has 2 aliphatic rings. The van der Waals surface area contributed by atoms with Crippen LogP contribution in [-0.2, 0) is 11.2 Å². The van der Waals surface area contributed by atoms with Crippen molar-refractivity contribution in [2.45, 2.75) is 69.9 Å². The lowest BCUT2D eigenvalue weighted by Crippen LogP contribution is -2.40. The second-order valence-electron chi connectivity index (χ2n) is 9.67. The Bertz CT molecular complexity index is 892. The van der Waals surface area contributed by atoms with Crippen molar-refractivity contribution in [3.63, 3.8) is 0 Å². The first-order valence-corrected chi connectivity index (χ1v) is 12.4. The van der Waals surface area contributed by atoms with E-state index in [4.69, 9.17) is 0 Å². The molecule has 3 heteroatoms. The summed E-state index contributed by atoms with van der Waals surface area (Å²) in [6.45, 7) is 4.15. The number of aryl methyl sites for hydroxylation is 1. The van der Waals surface area contributed by atoms with Gasteiger partial charge in [0, 0.05) is 18.6 Å². The minimum Gasteiger partial charge on any atom is -0.338 e. The molecular weight excluding hydrogens is 392 g/mol. The quantitative estimate of drug-likeness (QED) is 0.492. The first-order chi connectivity index (χ1) is 15.6. The van der Waals surface area contributed by atoms with Gasteiger partial charge in [-0.2, -0.15) is 0 Å². The Morgan fingerprint density at radius 2 is 1.78 bits per heavy atom. The fourth-order valence-electron chi connectivity index (χ4n) is 5.44. The van der Waals surface area contributed by atoms with E-state index >= 15 is 0 Å².